The van der Waals surface area contributed by atoms with Gasteiger partial charge in [0.05, 0.1) is 0 Å². The molecule has 0 atom stereocenters. The van der Waals surface area contributed by atoms with Crippen LogP contribution in [0.5, 0.6) is 0 Å². The predicted molar refractivity (Wildman–Crippen MR) is 54.6 cm³/mol. The maximum absolute atomic E-state index is 4.16. The average Bonchev–Trinajstić information content (AvgIpc) is 2.57. The van der Waals surface area contributed by atoms with E-state index >= 15 is 0 Å². The van der Waals surface area contributed by atoms with Crippen LogP contribution in [0, 0.1) is 0 Å². The summed E-state index contributed by atoms with van der Waals surface area (Å²) in [6.45, 7) is 5.45. The molecule has 0 unspecified atom stereocenters. The zero-order valence-corrected chi connectivity index (χ0v) is 8.75. The number of nitrogens with zero attached hydrogens (tertiary/aromatic N) is 2. The molecule has 0 saturated carbocycles. The highest BCUT2D eigenvalue weighted by Crippen LogP contribution is 2.10. The number of hydrogen-bond donors (Lipinski definition) is 1. The van der Waals surface area contributed by atoms with Crippen LogP contribution in [-0.2, 0) is 6.54 Å². The number of hydrogen-bond acceptors (Lipinski definition) is 2. The van der Waals surface area contributed by atoms with Crippen molar-refractivity contribution < 1.29 is 0 Å². The van der Waals surface area contributed by atoms with Crippen molar-refractivity contribution in [3.8, 4) is 0 Å². The van der Waals surface area contributed by atoms with Gasteiger partial charge in [0.25, 0.3) is 0 Å². The van der Waals surface area contributed by atoms with Crippen LogP contribution in [0.2, 0.25) is 0 Å². The van der Waals surface area contributed by atoms with Gasteiger partial charge in [-0.1, -0.05) is 0 Å². The van der Waals surface area contributed by atoms with E-state index in [9.17, 15) is 0 Å². The molecule has 74 valence electrons. The fourth-order valence-corrected chi connectivity index (χ4v) is 1.24. The molecule has 1 N–H and O–H groups in total. The fraction of sp³-hybridized carbons (Fsp3) is 0.700. The first-order chi connectivity index (χ1) is 6.14. The zero-order valence-electron chi connectivity index (χ0n) is 8.75. The molecule has 0 radical (unpaired) electrons. The highest BCUT2D eigenvalue weighted by Gasteiger charge is 2.13. The molecule has 0 aliphatic carbocycles. The summed E-state index contributed by atoms with van der Waals surface area (Å²) in [6, 6.07) is 1.96. The van der Waals surface area contributed by atoms with E-state index in [-0.39, 0.29) is 5.54 Å². The maximum atomic E-state index is 4.16. The molecule has 13 heavy (non-hydrogen) atoms. The molecule has 1 rings (SSSR count). The molecule has 1 aromatic heterocycles. The normalized spacial score (nSPS) is 11.9. The van der Waals surface area contributed by atoms with Gasteiger partial charge in [-0.2, -0.15) is 5.10 Å². The molecule has 0 bridgehead atoms. The van der Waals surface area contributed by atoms with Crippen LogP contribution in [0.3, 0.4) is 0 Å². The Morgan fingerprint density at radius 1 is 1.46 bits per heavy atom. The van der Waals surface area contributed by atoms with E-state index in [1.54, 1.807) is 0 Å². The quantitative estimate of drug-likeness (QED) is 0.748. The summed E-state index contributed by atoms with van der Waals surface area (Å²) < 4.78 is 1.98. The molecule has 0 aliphatic rings. The van der Waals surface area contributed by atoms with E-state index in [0.29, 0.717) is 0 Å². The van der Waals surface area contributed by atoms with Crippen LogP contribution in [0.25, 0.3) is 0 Å². The van der Waals surface area contributed by atoms with Crippen molar-refractivity contribution in [2.75, 3.05) is 7.05 Å². The summed E-state index contributed by atoms with van der Waals surface area (Å²) in [7, 11) is 2.01. The molecule has 1 heterocycles. The topological polar surface area (TPSA) is 29.9 Å². The Kier molecular flexibility index (Phi) is 3.48. The van der Waals surface area contributed by atoms with E-state index < -0.39 is 0 Å². The van der Waals surface area contributed by atoms with Gasteiger partial charge >= 0.3 is 0 Å². The van der Waals surface area contributed by atoms with Crippen molar-refractivity contribution in [2.45, 2.75) is 38.8 Å². The maximum Gasteiger partial charge on any atom is 0.0489 e. The van der Waals surface area contributed by atoms with Crippen molar-refractivity contribution in [3.63, 3.8) is 0 Å². The highest BCUT2D eigenvalue weighted by molar-refractivity contribution is 4.79. The van der Waals surface area contributed by atoms with Gasteiger partial charge in [0.2, 0.25) is 0 Å². The van der Waals surface area contributed by atoms with Crippen molar-refractivity contribution in [2.24, 2.45) is 0 Å². The number of aryl methyl sites for hydroxylation is 1. The first-order valence-electron chi connectivity index (χ1n) is 4.80. The predicted octanol–water partition coefficient (Wildman–Crippen LogP) is 1.66. The first kappa shape index (κ1) is 10.3. The van der Waals surface area contributed by atoms with Gasteiger partial charge in [0.1, 0.15) is 0 Å². The van der Waals surface area contributed by atoms with E-state index in [2.05, 4.69) is 24.3 Å². The minimum Gasteiger partial charge on any atom is -0.315 e. The Bertz CT molecular complexity index is 226. The minimum absolute atomic E-state index is 0.243. The van der Waals surface area contributed by atoms with Crippen LogP contribution in [-0.4, -0.2) is 22.4 Å². The number of nitrogens with one attached hydrogen (secondary N) is 1. The largest absolute Gasteiger partial charge is 0.315 e. The molecule has 0 fully saturated rings. The fourth-order valence-electron chi connectivity index (χ4n) is 1.24. The Labute approximate surface area is 80.1 Å². The van der Waals surface area contributed by atoms with Gasteiger partial charge in [0, 0.05) is 24.5 Å². The zero-order chi connectivity index (χ0) is 9.73. The molecule has 0 aromatic carbocycles. The summed E-state index contributed by atoms with van der Waals surface area (Å²) in [5.41, 5.74) is 0.243. The van der Waals surface area contributed by atoms with Gasteiger partial charge in [-0.15, -0.1) is 0 Å². The van der Waals surface area contributed by atoms with Gasteiger partial charge < -0.3 is 5.32 Å². The summed E-state index contributed by atoms with van der Waals surface area (Å²) in [6.07, 6.45) is 6.16. The molecular weight excluding hydrogens is 162 g/mol. The molecule has 3 heteroatoms. The third-order valence-electron chi connectivity index (χ3n) is 2.42. The van der Waals surface area contributed by atoms with Crippen LogP contribution in [0.4, 0.5) is 0 Å². The monoisotopic (exact) mass is 181 g/mol. The Morgan fingerprint density at radius 2 is 2.23 bits per heavy atom. The van der Waals surface area contributed by atoms with Crippen LogP contribution in [0.1, 0.15) is 26.7 Å². The van der Waals surface area contributed by atoms with E-state index in [1.165, 1.54) is 6.42 Å². The van der Waals surface area contributed by atoms with Crippen molar-refractivity contribution in [3.05, 3.63) is 18.5 Å². The number of rotatable bonds is 5. The Hall–Kier alpha value is -0.830. The van der Waals surface area contributed by atoms with Crippen molar-refractivity contribution in [1.82, 2.24) is 15.1 Å². The van der Waals surface area contributed by atoms with Crippen LogP contribution >= 0.6 is 0 Å². The average molecular weight is 181 g/mol. The third kappa shape index (κ3) is 3.59. The second kappa shape index (κ2) is 4.42. The van der Waals surface area contributed by atoms with Gasteiger partial charge in [-0.3, -0.25) is 4.68 Å². The second-order valence-electron chi connectivity index (χ2n) is 4.01. The number of aromatic nitrogens is 2. The lowest BCUT2D eigenvalue weighted by molar-refractivity contribution is 0.366. The smallest absolute Gasteiger partial charge is 0.0489 e. The molecular formula is C10H19N3. The summed E-state index contributed by atoms with van der Waals surface area (Å²) >= 11 is 0. The SMILES string of the molecule is CNC(C)(C)CCCn1cccn1. The molecule has 0 spiro atoms. The Balaban J connectivity index is 2.21. The lowest BCUT2D eigenvalue weighted by atomic mass is 9.99. The second-order valence-corrected chi connectivity index (χ2v) is 4.01. The Morgan fingerprint density at radius 3 is 2.77 bits per heavy atom. The van der Waals surface area contributed by atoms with Gasteiger partial charge in [-0.05, 0) is 39.8 Å². The standard InChI is InChI=1S/C10H19N3/c1-10(2,11-3)6-4-8-13-9-5-7-12-13/h5,7,9,11H,4,6,8H2,1-3H3. The van der Waals surface area contributed by atoms with E-state index in [0.717, 1.165) is 13.0 Å². The van der Waals surface area contributed by atoms with Crippen LogP contribution in [0.15, 0.2) is 18.5 Å². The van der Waals surface area contributed by atoms with Gasteiger partial charge in [0.15, 0.2) is 0 Å². The lowest BCUT2D eigenvalue weighted by Crippen LogP contribution is -2.36. The van der Waals surface area contributed by atoms with Crippen molar-refractivity contribution in [1.29, 1.82) is 0 Å². The molecule has 1 aromatic rings. The summed E-state index contributed by atoms with van der Waals surface area (Å²) in [5.74, 6) is 0. The molecule has 0 saturated heterocycles. The van der Waals surface area contributed by atoms with Crippen LogP contribution < -0.4 is 5.32 Å². The summed E-state index contributed by atoms with van der Waals surface area (Å²) in [5, 5.41) is 7.45. The van der Waals surface area contributed by atoms with E-state index in [1.807, 2.05) is 30.2 Å². The lowest BCUT2D eigenvalue weighted by Gasteiger charge is -2.23. The third-order valence-corrected chi connectivity index (χ3v) is 2.42. The molecule has 3 nitrogen and oxygen atoms in total. The first-order valence-corrected chi connectivity index (χ1v) is 4.80. The molecule has 0 aliphatic heterocycles. The molecule has 0 amide bonds. The van der Waals surface area contributed by atoms with E-state index in [4.69, 9.17) is 0 Å². The van der Waals surface area contributed by atoms with Gasteiger partial charge in [-0.25, -0.2) is 0 Å². The minimum atomic E-state index is 0.243. The summed E-state index contributed by atoms with van der Waals surface area (Å²) in [4.78, 5) is 0. The van der Waals surface area contributed by atoms with Crippen molar-refractivity contribution >= 4 is 0 Å². The highest BCUT2D eigenvalue weighted by atomic mass is 15.3.